The fourth-order valence-electron chi connectivity index (χ4n) is 5.79. The van der Waals surface area contributed by atoms with Crippen LogP contribution in [0, 0.1) is 5.92 Å². The molecule has 3 aromatic heterocycles. The van der Waals surface area contributed by atoms with E-state index >= 15 is 0 Å². The van der Waals surface area contributed by atoms with E-state index in [1.54, 1.807) is 29.4 Å². The molecule has 4 aromatic rings. The molecular formula is C28H29F5N6O2. The molecule has 41 heavy (non-hydrogen) atoms. The van der Waals surface area contributed by atoms with Crippen molar-refractivity contribution in [2.45, 2.75) is 43.8 Å². The highest BCUT2D eigenvalue weighted by Crippen LogP contribution is 2.38. The average Bonchev–Trinajstić information content (AvgIpc) is 3.45. The molecule has 1 atom stereocenters. The van der Waals surface area contributed by atoms with Gasteiger partial charge in [0.1, 0.15) is 12.2 Å². The molecule has 0 saturated carbocycles. The Hall–Kier alpha value is -3.58. The molecular weight excluding hydrogens is 547 g/mol. The molecule has 0 spiro atoms. The number of rotatable bonds is 6. The standard InChI is InChI=1S/C28H29F5N6O2/c1-18-11-37(7-6-27(18,29)30)12-19-8-22(28(31,32)33)23-14-38(25(40)39(23)13-19)21-5-3-4-20(9-21)26(15-41-16-26)10-24-35-34-17-36(24)2/h3-5,8-9,13-14,17-18H,6-7,10-12,15-16H2,1-2H3/t18-/m1/s1. The number of aryl methyl sites for hydroxylation is 1. The topological polar surface area (TPSA) is 69.6 Å². The number of fused-ring (bicyclic) bond motifs is 1. The van der Waals surface area contributed by atoms with Crippen LogP contribution in [-0.2, 0) is 36.3 Å². The van der Waals surface area contributed by atoms with E-state index in [2.05, 4.69) is 10.2 Å². The minimum Gasteiger partial charge on any atom is -0.379 e. The molecule has 6 rings (SSSR count). The van der Waals surface area contributed by atoms with Gasteiger partial charge in [-0.05, 0) is 29.3 Å². The number of likely N-dealkylation sites (tertiary alicyclic amines) is 1. The molecule has 1 aromatic carbocycles. The Kier molecular flexibility index (Phi) is 6.57. The minimum atomic E-state index is -4.73. The number of hydrogen-bond acceptors (Lipinski definition) is 5. The summed E-state index contributed by atoms with van der Waals surface area (Å²) in [6.07, 6.45) is -0.364. The normalized spacial score (nSPS) is 20.8. The fraction of sp³-hybridized carbons (Fsp3) is 0.464. The van der Waals surface area contributed by atoms with Gasteiger partial charge in [0.2, 0.25) is 0 Å². The van der Waals surface area contributed by atoms with Crippen LogP contribution >= 0.6 is 0 Å². The highest BCUT2D eigenvalue weighted by Gasteiger charge is 2.43. The summed E-state index contributed by atoms with van der Waals surface area (Å²) in [5, 5.41) is 8.11. The average molecular weight is 577 g/mol. The lowest BCUT2D eigenvalue weighted by Crippen LogP contribution is -2.49. The van der Waals surface area contributed by atoms with E-state index < -0.39 is 34.7 Å². The molecule has 0 amide bonds. The Morgan fingerprint density at radius 3 is 2.56 bits per heavy atom. The van der Waals surface area contributed by atoms with Crippen LogP contribution in [0.15, 0.2) is 53.8 Å². The highest BCUT2D eigenvalue weighted by molar-refractivity contribution is 5.58. The van der Waals surface area contributed by atoms with Gasteiger partial charge in [0.05, 0.1) is 30.0 Å². The third-order valence-corrected chi connectivity index (χ3v) is 8.34. The summed E-state index contributed by atoms with van der Waals surface area (Å²) < 4.78 is 80.1. The van der Waals surface area contributed by atoms with Crippen molar-refractivity contribution in [3.05, 3.63) is 82.1 Å². The second kappa shape index (κ2) is 9.76. The number of piperidine rings is 1. The fourth-order valence-corrected chi connectivity index (χ4v) is 5.79. The van der Waals surface area contributed by atoms with Gasteiger partial charge in [-0.1, -0.05) is 19.1 Å². The number of aromatic nitrogens is 5. The molecule has 8 nitrogen and oxygen atoms in total. The molecule has 2 fully saturated rings. The van der Waals surface area contributed by atoms with Gasteiger partial charge in [-0.15, -0.1) is 10.2 Å². The van der Waals surface area contributed by atoms with Crippen molar-refractivity contribution >= 4 is 5.52 Å². The van der Waals surface area contributed by atoms with Crippen molar-refractivity contribution in [1.29, 1.82) is 0 Å². The van der Waals surface area contributed by atoms with Crippen molar-refractivity contribution in [1.82, 2.24) is 28.6 Å². The zero-order valence-corrected chi connectivity index (χ0v) is 22.5. The Labute approximate surface area is 232 Å². The number of nitrogens with zero attached hydrogens (tertiary/aromatic N) is 6. The lowest BCUT2D eigenvalue weighted by atomic mass is 9.75. The summed E-state index contributed by atoms with van der Waals surface area (Å²) in [6, 6.07) is 8.15. The van der Waals surface area contributed by atoms with Gasteiger partial charge < -0.3 is 9.30 Å². The van der Waals surface area contributed by atoms with Gasteiger partial charge in [0.15, 0.2) is 0 Å². The summed E-state index contributed by atoms with van der Waals surface area (Å²) in [5.41, 5.74) is -0.784. The third-order valence-electron chi connectivity index (χ3n) is 8.34. The van der Waals surface area contributed by atoms with Crippen molar-refractivity contribution < 1.29 is 26.7 Å². The van der Waals surface area contributed by atoms with Crippen LogP contribution in [0.4, 0.5) is 22.0 Å². The first-order valence-corrected chi connectivity index (χ1v) is 13.3. The number of imidazole rings is 1. The molecule has 0 N–H and O–H groups in total. The molecule has 0 aliphatic carbocycles. The van der Waals surface area contributed by atoms with E-state index in [1.165, 1.54) is 23.9 Å². The molecule has 0 bridgehead atoms. The van der Waals surface area contributed by atoms with Gasteiger partial charge in [-0.3, -0.25) is 13.9 Å². The predicted molar refractivity (Wildman–Crippen MR) is 139 cm³/mol. The van der Waals surface area contributed by atoms with Crippen molar-refractivity contribution in [3.63, 3.8) is 0 Å². The first-order chi connectivity index (χ1) is 19.4. The van der Waals surface area contributed by atoms with Crippen LogP contribution in [0.25, 0.3) is 11.2 Å². The maximum absolute atomic E-state index is 14.2. The van der Waals surface area contributed by atoms with Crippen LogP contribution < -0.4 is 5.69 Å². The van der Waals surface area contributed by atoms with Gasteiger partial charge in [0, 0.05) is 63.3 Å². The smallest absolute Gasteiger partial charge is 0.379 e. The van der Waals surface area contributed by atoms with Crippen LogP contribution in [0.1, 0.15) is 35.9 Å². The largest absolute Gasteiger partial charge is 0.418 e. The molecule has 2 aliphatic heterocycles. The first-order valence-electron chi connectivity index (χ1n) is 13.3. The predicted octanol–water partition coefficient (Wildman–Crippen LogP) is 4.23. The lowest BCUT2D eigenvalue weighted by Gasteiger charge is -2.41. The van der Waals surface area contributed by atoms with Gasteiger partial charge >= 0.3 is 11.9 Å². The van der Waals surface area contributed by atoms with Crippen LogP contribution in [0.2, 0.25) is 0 Å². The zero-order chi connectivity index (χ0) is 29.2. The second-order valence-electron chi connectivity index (χ2n) is 11.3. The first kappa shape index (κ1) is 27.6. The summed E-state index contributed by atoms with van der Waals surface area (Å²) in [6.45, 7) is 2.42. The van der Waals surface area contributed by atoms with Crippen molar-refractivity contribution in [2.24, 2.45) is 13.0 Å². The molecule has 2 aliphatic rings. The molecule has 0 radical (unpaired) electrons. The number of halogens is 5. The van der Waals surface area contributed by atoms with Crippen LogP contribution in [0.3, 0.4) is 0 Å². The molecule has 0 unspecified atom stereocenters. The summed E-state index contributed by atoms with van der Waals surface area (Å²) in [4.78, 5) is 15.2. The molecule has 5 heterocycles. The summed E-state index contributed by atoms with van der Waals surface area (Å²) >= 11 is 0. The second-order valence-corrected chi connectivity index (χ2v) is 11.3. The van der Waals surface area contributed by atoms with E-state index in [9.17, 15) is 26.7 Å². The van der Waals surface area contributed by atoms with E-state index in [4.69, 9.17) is 4.74 Å². The maximum Gasteiger partial charge on any atom is 0.418 e. The monoisotopic (exact) mass is 576 g/mol. The van der Waals surface area contributed by atoms with E-state index in [1.807, 2.05) is 17.7 Å². The Bertz CT molecular complexity index is 1650. The number of pyridine rings is 1. The molecule has 218 valence electrons. The van der Waals surface area contributed by atoms with Gasteiger partial charge in [-0.2, -0.15) is 13.2 Å². The number of ether oxygens (including phenoxy) is 1. The number of benzene rings is 1. The Balaban J connectivity index is 1.37. The van der Waals surface area contributed by atoms with E-state index in [0.29, 0.717) is 25.3 Å². The third kappa shape index (κ3) is 4.94. The van der Waals surface area contributed by atoms with Crippen molar-refractivity contribution in [2.75, 3.05) is 26.3 Å². The van der Waals surface area contributed by atoms with E-state index in [0.717, 1.165) is 21.9 Å². The van der Waals surface area contributed by atoms with Gasteiger partial charge in [0.25, 0.3) is 5.92 Å². The quantitative estimate of drug-likeness (QED) is 0.322. The van der Waals surface area contributed by atoms with Crippen LogP contribution in [-0.4, -0.2) is 60.9 Å². The zero-order valence-electron chi connectivity index (χ0n) is 22.5. The summed E-state index contributed by atoms with van der Waals surface area (Å²) in [7, 11) is 1.85. The maximum atomic E-state index is 14.2. The minimum absolute atomic E-state index is 0.0249. The van der Waals surface area contributed by atoms with E-state index in [-0.39, 0.29) is 37.1 Å². The Morgan fingerprint density at radius 1 is 1.15 bits per heavy atom. The van der Waals surface area contributed by atoms with Crippen LogP contribution in [0.5, 0.6) is 0 Å². The Morgan fingerprint density at radius 2 is 1.93 bits per heavy atom. The SMILES string of the molecule is C[C@@H]1CN(Cc2cc(C(F)(F)F)c3cn(-c4cccc(C5(Cc6nncn6C)COC5)c4)c(=O)n3c2)CCC1(F)F. The van der Waals surface area contributed by atoms with Crippen molar-refractivity contribution in [3.8, 4) is 5.69 Å². The lowest BCUT2D eigenvalue weighted by molar-refractivity contribution is -0.136. The molecule has 2 saturated heterocycles. The number of alkyl halides is 5. The number of hydrogen-bond donors (Lipinski definition) is 0. The van der Waals surface area contributed by atoms with Gasteiger partial charge in [-0.25, -0.2) is 13.6 Å². The molecule has 13 heteroatoms. The highest BCUT2D eigenvalue weighted by atomic mass is 19.4. The summed E-state index contributed by atoms with van der Waals surface area (Å²) in [5.74, 6) is -2.96.